The molecule has 1 aromatic carbocycles. The summed E-state index contributed by atoms with van der Waals surface area (Å²) >= 11 is 3.22. The topological polar surface area (TPSA) is 101 Å². The van der Waals surface area contributed by atoms with Gasteiger partial charge in [0.1, 0.15) is 0 Å². The van der Waals surface area contributed by atoms with Crippen LogP contribution in [0.2, 0.25) is 0 Å². The van der Waals surface area contributed by atoms with E-state index in [1.807, 2.05) is 0 Å². The lowest BCUT2D eigenvalue weighted by atomic mass is 10.4. The molecule has 0 spiro atoms. The summed E-state index contributed by atoms with van der Waals surface area (Å²) in [5.74, 6) is -0.0945. The maximum Gasteiger partial charge on any atom is 0.276 e. The molecule has 0 bridgehead atoms. The Hall–Kier alpha value is -1.48. The molecule has 1 heterocycles. The van der Waals surface area contributed by atoms with E-state index in [1.54, 1.807) is 12.1 Å². The van der Waals surface area contributed by atoms with E-state index in [-0.39, 0.29) is 10.8 Å². The lowest BCUT2D eigenvalue weighted by Gasteiger charge is -2.03. The monoisotopic (exact) mass is 303 g/mol. The molecule has 0 aliphatic heterocycles. The number of sulfonamides is 1. The standard InChI is InChI=1S/C7H6BrN5O2S/c8-5-1-3-6(4-2-5)16(14,15)11-7-9-12-13-10-7/h1-4H,(H2,9,10,11,12,13). The fraction of sp³-hybridized carbons (Fsp3) is 0. The number of nitrogens with one attached hydrogen (secondary N) is 2. The second-order valence-electron chi connectivity index (χ2n) is 2.79. The van der Waals surface area contributed by atoms with Crippen molar-refractivity contribution in [1.82, 2.24) is 20.6 Å². The molecule has 0 atom stereocenters. The van der Waals surface area contributed by atoms with Crippen molar-refractivity contribution in [3.8, 4) is 0 Å². The van der Waals surface area contributed by atoms with Crippen LogP contribution < -0.4 is 4.72 Å². The molecule has 84 valence electrons. The summed E-state index contributed by atoms with van der Waals surface area (Å²) < 4.78 is 26.5. The largest absolute Gasteiger partial charge is 0.276 e. The van der Waals surface area contributed by atoms with Gasteiger partial charge in [0.05, 0.1) is 4.90 Å². The first-order chi connectivity index (χ1) is 7.58. The van der Waals surface area contributed by atoms with Crippen LogP contribution in [0.25, 0.3) is 0 Å². The minimum Gasteiger partial charge on any atom is -0.245 e. The van der Waals surface area contributed by atoms with Gasteiger partial charge in [-0.3, -0.25) is 0 Å². The third-order valence-corrected chi connectivity index (χ3v) is 3.57. The molecule has 9 heteroatoms. The van der Waals surface area contributed by atoms with Crippen LogP contribution in [0, 0.1) is 0 Å². The zero-order chi connectivity index (χ0) is 11.6. The molecule has 7 nitrogen and oxygen atoms in total. The van der Waals surface area contributed by atoms with Crippen molar-refractivity contribution in [2.45, 2.75) is 4.90 Å². The highest BCUT2D eigenvalue weighted by Gasteiger charge is 2.15. The van der Waals surface area contributed by atoms with E-state index in [4.69, 9.17) is 0 Å². The van der Waals surface area contributed by atoms with Gasteiger partial charge in [0, 0.05) is 4.47 Å². The Labute approximate surface area is 99.4 Å². The molecule has 0 saturated heterocycles. The lowest BCUT2D eigenvalue weighted by Crippen LogP contribution is -2.13. The molecule has 0 unspecified atom stereocenters. The van der Waals surface area contributed by atoms with Crippen LogP contribution in [-0.4, -0.2) is 29.0 Å². The van der Waals surface area contributed by atoms with Crippen molar-refractivity contribution in [1.29, 1.82) is 0 Å². The normalized spacial score (nSPS) is 11.3. The van der Waals surface area contributed by atoms with Gasteiger partial charge in [0.15, 0.2) is 0 Å². The van der Waals surface area contributed by atoms with Crippen molar-refractivity contribution < 1.29 is 8.42 Å². The van der Waals surface area contributed by atoms with Gasteiger partial charge in [-0.1, -0.05) is 21.0 Å². The van der Waals surface area contributed by atoms with E-state index in [9.17, 15) is 8.42 Å². The van der Waals surface area contributed by atoms with Crippen LogP contribution in [0.4, 0.5) is 5.95 Å². The second kappa shape index (κ2) is 4.18. The second-order valence-corrected chi connectivity index (χ2v) is 5.39. The number of anilines is 1. The molecule has 0 radical (unpaired) electrons. The quantitative estimate of drug-likeness (QED) is 0.872. The number of hydrogen-bond donors (Lipinski definition) is 2. The zero-order valence-corrected chi connectivity index (χ0v) is 10.2. The molecule has 2 N–H and O–H groups in total. The highest BCUT2D eigenvalue weighted by molar-refractivity contribution is 9.10. The van der Waals surface area contributed by atoms with E-state index < -0.39 is 10.0 Å². The average Bonchev–Trinajstić information content (AvgIpc) is 2.70. The summed E-state index contributed by atoms with van der Waals surface area (Å²) in [5, 5.41) is 12.4. The minimum absolute atomic E-state index is 0.0945. The smallest absolute Gasteiger partial charge is 0.245 e. The highest BCUT2D eigenvalue weighted by atomic mass is 79.9. The molecule has 2 aromatic rings. The van der Waals surface area contributed by atoms with E-state index in [2.05, 4.69) is 41.3 Å². The fourth-order valence-corrected chi connectivity index (χ4v) is 2.20. The number of rotatable bonds is 3. The number of hydrogen-bond acceptors (Lipinski definition) is 5. The fourth-order valence-electron chi connectivity index (χ4n) is 0.998. The van der Waals surface area contributed by atoms with E-state index in [0.717, 1.165) is 4.47 Å². The molecule has 0 fully saturated rings. The summed E-state index contributed by atoms with van der Waals surface area (Å²) in [6.45, 7) is 0. The van der Waals surface area contributed by atoms with Crippen LogP contribution in [0.15, 0.2) is 33.6 Å². The van der Waals surface area contributed by atoms with Gasteiger partial charge in [-0.05, 0) is 29.5 Å². The first-order valence-corrected chi connectivity index (χ1v) is 6.37. The molecule has 0 saturated carbocycles. The lowest BCUT2D eigenvalue weighted by molar-refractivity contribution is 0.601. The third-order valence-electron chi connectivity index (χ3n) is 1.69. The molecule has 2 rings (SSSR count). The maximum atomic E-state index is 11.8. The predicted octanol–water partition coefficient (Wildman–Crippen LogP) is 0.763. The Morgan fingerprint density at radius 1 is 1.25 bits per heavy atom. The minimum atomic E-state index is -3.66. The first-order valence-electron chi connectivity index (χ1n) is 4.10. The maximum absolute atomic E-state index is 11.8. The first kappa shape index (κ1) is 11.0. The van der Waals surface area contributed by atoms with Gasteiger partial charge < -0.3 is 0 Å². The molecule has 1 aromatic heterocycles. The van der Waals surface area contributed by atoms with E-state index >= 15 is 0 Å². The summed E-state index contributed by atoms with van der Waals surface area (Å²) in [6, 6.07) is 6.19. The van der Waals surface area contributed by atoms with Crippen LogP contribution >= 0.6 is 15.9 Å². The average molecular weight is 304 g/mol. The summed E-state index contributed by atoms with van der Waals surface area (Å²) in [7, 11) is -3.66. The zero-order valence-electron chi connectivity index (χ0n) is 7.75. The van der Waals surface area contributed by atoms with E-state index in [0.29, 0.717) is 0 Å². The molecular weight excluding hydrogens is 298 g/mol. The van der Waals surface area contributed by atoms with Crippen LogP contribution in [0.5, 0.6) is 0 Å². The summed E-state index contributed by atoms with van der Waals surface area (Å²) in [4.78, 5) is 0.125. The van der Waals surface area contributed by atoms with Gasteiger partial charge in [-0.2, -0.15) is 5.21 Å². The van der Waals surface area contributed by atoms with Crippen molar-refractivity contribution in [2.75, 3.05) is 4.72 Å². The molecule has 0 aliphatic rings. The molecule has 16 heavy (non-hydrogen) atoms. The Bertz CT molecular complexity index is 565. The Kier molecular flexibility index (Phi) is 2.88. The Morgan fingerprint density at radius 3 is 2.50 bits per heavy atom. The Balaban J connectivity index is 2.29. The number of aromatic nitrogens is 4. The number of tetrazole rings is 1. The van der Waals surface area contributed by atoms with Crippen LogP contribution in [-0.2, 0) is 10.0 Å². The number of halogens is 1. The summed E-state index contributed by atoms with van der Waals surface area (Å²) in [5.41, 5.74) is 0. The number of H-pyrrole nitrogens is 1. The number of nitrogens with zero attached hydrogens (tertiary/aromatic N) is 3. The van der Waals surface area contributed by atoms with Gasteiger partial charge in [-0.15, -0.1) is 5.10 Å². The van der Waals surface area contributed by atoms with Crippen LogP contribution in [0.1, 0.15) is 0 Å². The Morgan fingerprint density at radius 2 is 1.94 bits per heavy atom. The van der Waals surface area contributed by atoms with Gasteiger partial charge in [0.2, 0.25) is 0 Å². The summed E-state index contributed by atoms with van der Waals surface area (Å²) in [6.07, 6.45) is 0. The molecule has 0 amide bonds. The highest BCUT2D eigenvalue weighted by Crippen LogP contribution is 2.16. The SMILES string of the molecule is O=S(=O)(Nc1nn[nH]n1)c1ccc(Br)cc1. The van der Waals surface area contributed by atoms with Gasteiger partial charge >= 0.3 is 0 Å². The number of benzene rings is 1. The third kappa shape index (κ3) is 2.36. The van der Waals surface area contributed by atoms with Crippen molar-refractivity contribution >= 4 is 31.9 Å². The van der Waals surface area contributed by atoms with Crippen molar-refractivity contribution in [3.05, 3.63) is 28.7 Å². The van der Waals surface area contributed by atoms with Crippen LogP contribution in [0.3, 0.4) is 0 Å². The molecular formula is C7H6BrN5O2S. The molecule has 0 aliphatic carbocycles. The number of aromatic amines is 1. The van der Waals surface area contributed by atoms with Gasteiger partial charge in [-0.25, -0.2) is 13.1 Å². The van der Waals surface area contributed by atoms with E-state index in [1.165, 1.54) is 12.1 Å². The van der Waals surface area contributed by atoms with Crippen molar-refractivity contribution in [2.24, 2.45) is 0 Å². The predicted molar refractivity (Wildman–Crippen MR) is 59.1 cm³/mol. The van der Waals surface area contributed by atoms with Gasteiger partial charge in [0.25, 0.3) is 16.0 Å². The van der Waals surface area contributed by atoms with Crippen molar-refractivity contribution in [3.63, 3.8) is 0 Å².